The zero-order chi connectivity index (χ0) is 15.8. The highest BCUT2D eigenvalue weighted by Gasteiger charge is 2.40. The number of nitrogens with zero attached hydrogens (tertiary/aromatic N) is 1. The number of amides is 1. The number of halogens is 4. The topological polar surface area (TPSA) is 57.6 Å². The molecule has 1 aromatic rings. The zero-order valence-electron chi connectivity index (χ0n) is 10.4. The van der Waals surface area contributed by atoms with Crippen molar-refractivity contribution >= 4 is 39.6 Å². The predicted octanol–water partition coefficient (Wildman–Crippen LogP) is 3.07. The minimum Gasteiger partial charge on any atom is -0.480 e. The molecule has 1 aromatic carbocycles. The predicted molar refractivity (Wildman–Crippen MR) is 74.1 cm³/mol. The molecule has 1 unspecified atom stereocenters. The molecule has 0 aromatic heterocycles. The van der Waals surface area contributed by atoms with E-state index in [-0.39, 0.29) is 16.1 Å². The minimum atomic E-state index is -4.69. The molecule has 0 spiro atoms. The second-order valence-electron chi connectivity index (χ2n) is 4.32. The highest BCUT2D eigenvalue weighted by atomic mass is 79.9. The highest BCUT2D eigenvalue weighted by molar-refractivity contribution is 9.10. The number of benzene rings is 1. The summed E-state index contributed by atoms with van der Waals surface area (Å²) in [4.78, 5) is 24.3. The van der Waals surface area contributed by atoms with Crippen LogP contribution in [0.2, 0.25) is 0 Å². The minimum absolute atomic E-state index is 0.0587. The van der Waals surface area contributed by atoms with Crippen LogP contribution in [-0.2, 0) is 11.0 Å². The van der Waals surface area contributed by atoms with Gasteiger partial charge < -0.3 is 10.0 Å². The van der Waals surface area contributed by atoms with Gasteiger partial charge in [0.2, 0.25) is 0 Å². The molecular formula is C12H9BrF3NO3S. The number of carboxylic acid groups (broad SMARTS) is 1. The Hall–Kier alpha value is -1.22. The van der Waals surface area contributed by atoms with Gasteiger partial charge in [-0.15, -0.1) is 11.8 Å². The molecule has 0 saturated carbocycles. The number of carbonyl (C=O) groups excluding carboxylic acids is 1. The molecule has 0 bridgehead atoms. The number of rotatable bonds is 2. The fourth-order valence-electron chi connectivity index (χ4n) is 1.94. The van der Waals surface area contributed by atoms with Gasteiger partial charge in [-0.25, -0.2) is 4.79 Å². The average molecular weight is 384 g/mol. The van der Waals surface area contributed by atoms with Crippen LogP contribution in [0.15, 0.2) is 22.7 Å². The quantitative estimate of drug-likeness (QED) is 0.852. The van der Waals surface area contributed by atoms with Gasteiger partial charge in [-0.1, -0.05) is 15.9 Å². The van der Waals surface area contributed by atoms with Crippen molar-refractivity contribution in [3.05, 3.63) is 33.8 Å². The Morgan fingerprint density at radius 3 is 2.62 bits per heavy atom. The monoisotopic (exact) mass is 383 g/mol. The van der Waals surface area contributed by atoms with Gasteiger partial charge in [-0.05, 0) is 18.2 Å². The van der Waals surface area contributed by atoms with E-state index in [1.807, 2.05) is 0 Å². The third kappa shape index (κ3) is 3.34. The van der Waals surface area contributed by atoms with Crippen LogP contribution in [0.4, 0.5) is 13.2 Å². The number of hydrogen-bond acceptors (Lipinski definition) is 3. The second-order valence-corrected chi connectivity index (χ2v) is 6.23. The first-order valence-corrected chi connectivity index (χ1v) is 7.65. The summed E-state index contributed by atoms with van der Waals surface area (Å²) in [6.07, 6.45) is -4.69. The maximum atomic E-state index is 13.0. The van der Waals surface area contributed by atoms with E-state index in [0.29, 0.717) is 0 Å². The van der Waals surface area contributed by atoms with Crippen LogP contribution in [0, 0.1) is 0 Å². The number of thioether (sulfide) groups is 1. The molecule has 4 nitrogen and oxygen atoms in total. The van der Waals surface area contributed by atoms with Crippen molar-refractivity contribution < 1.29 is 27.9 Å². The molecule has 21 heavy (non-hydrogen) atoms. The standard InChI is InChI=1S/C12H9BrF3NO3S/c13-6-1-2-7(8(3-6)12(14,15)16)10(18)17-5-21-4-9(17)11(19)20/h1-3,9H,4-5H2,(H,19,20). The van der Waals surface area contributed by atoms with Gasteiger partial charge in [0.05, 0.1) is 17.0 Å². The number of carboxylic acids is 1. The average Bonchev–Trinajstić information content (AvgIpc) is 2.86. The lowest BCUT2D eigenvalue weighted by Crippen LogP contribution is -2.42. The summed E-state index contributed by atoms with van der Waals surface area (Å²) >= 11 is 4.13. The van der Waals surface area contributed by atoms with E-state index >= 15 is 0 Å². The van der Waals surface area contributed by atoms with E-state index in [1.54, 1.807) is 0 Å². The normalized spacial score (nSPS) is 18.9. The van der Waals surface area contributed by atoms with Crippen molar-refractivity contribution in [2.75, 3.05) is 11.6 Å². The lowest BCUT2D eigenvalue weighted by atomic mass is 10.1. The number of hydrogen-bond donors (Lipinski definition) is 1. The lowest BCUT2D eigenvalue weighted by molar-refractivity contribution is -0.140. The number of aliphatic carboxylic acids is 1. The van der Waals surface area contributed by atoms with Crippen molar-refractivity contribution in [3.63, 3.8) is 0 Å². The SMILES string of the molecule is O=C(O)C1CSCN1C(=O)c1ccc(Br)cc1C(F)(F)F. The molecule has 1 saturated heterocycles. The molecule has 1 heterocycles. The van der Waals surface area contributed by atoms with E-state index < -0.39 is 35.2 Å². The van der Waals surface area contributed by atoms with Gasteiger partial charge in [-0.3, -0.25) is 4.79 Å². The van der Waals surface area contributed by atoms with Crippen LogP contribution in [0.1, 0.15) is 15.9 Å². The van der Waals surface area contributed by atoms with Gasteiger partial charge in [0.15, 0.2) is 0 Å². The van der Waals surface area contributed by atoms with Crippen LogP contribution < -0.4 is 0 Å². The zero-order valence-corrected chi connectivity index (χ0v) is 12.8. The molecule has 9 heteroatoms. The van der Waals surface area contributed by atoms with Crippen molar-refractivity contribution in [3.8, 4) is 0 Å². The second kappa shape index (κ2) is 5.88. The van der Waals surface area contributed by atoms with Crippen LogP contribution in [0.3, 0.4) is 0 Å². The molecule has 1 atom stereocenters. The molecule has 114 valence electrons. The lowest BCUT2D eigenvalue weighted by Gasteiger charge is -2.22. The van der Waals surface area contributed by atoms with Crippen molar-refractivity contribution in [2.24, 2.45) is 0 Å². The summed E-state index contributed by atoms with van der Waals surface area (Å²) in [5, 5.41) is 9.02. The van der Waals surface area contributed by atoms with E-state index in [0.717, 1.165) is 17.0 Å². The summed E-state index contributed by atoms with van der Waals surface area (Å²) in [5.41, 5.74) is -1.62. The summed E-state index contributed by atoms with van der Waals surface area (Å²) in [7, 11) is 0. The van der Waals surface area contributed by atoms with Crippen LogP contribution in [-0.4, -0.2) is 39.6 Å². The van der Waals surface area contributed by atoms with Gasteiger partial charge in [0.25, 0.3) is 5.91 Å². The summed E-state index contributed by atoms with van der Waals surface area (Å²) in [6, 6.07) is 2.08. The van der Waals surface area contributed by atoms with Crippen molar-refractivity contribution in [1.82, 2.24) is 4.90 Å². The molecular weight excluding hydrogens is 375 g/mol. The highest BCUT2D eigenvalue weighted by Crippen LogP contribution is 2.35. The summed E-state index contributed by atoms with van der Waals surface area (Å²) in [5.74, 6) is -1.92. The largest absolute Gasteiger partial charge is 0.480 e. The molecule has 1 amide bonds. The van der Waals surface area contributed by atoms with E-state index in [4.69, 9.17) is 5.11 Å². The Labute approximate surface area is 130 Å². The van der Waals surface area contributed by atoms with Gasteiger partial charge >= 0.3 is 12.1 Å². The molecule has 0 aliphatic carbocycles. The Bertz CT molecular complexity index is 594. The first-order valence-electron chi connectivity index (χ1n) is 5.70. The van der Waals surface area contributed by atoms with Crippen molar-refractivity contribution in [1.29, 1.82) is 0 Å². The molecule has 1 N–H and O–H groups in total. The Morgan fingerprint density at radius 1 is 1.38 bits per heavy atom. The Kier molecular flexibility index (Phi) is 4.52. The summed E-state index contributed by atoms with van der Waals surface area (Å²) in [6.45, 7) is 0. The van der Waals surface area contributed by atoms with Gasteiger partial charge in [0, 0.05) is 10.2 Å². The third-order valence-electron chi connectivity index (χ3n) is 2.95. The Morgan fingerprint density at radius 2 is 2.05 bits per heavy atom. The molecule has 0 radical (unpaired) electrons. The third-order valence-corrected chi connectivity index (χ3v) is 4.45. The molecule has 2 rings (SSSR count). The van der Waals surface area contributed by atoms with Crippen LogP contribution in [0.5, 0.6) is 0 Å². The smallest absolute Gasteiger partial charge is 0.417 e. The van der Waals surface area contributed by atoms with Crippen LogP contribution >= 0.6 is 27.7 Å². The van der Waals surface area contributed by atoms with E-state index in [2.05, 4.69) is 15.9 Å². The maximum absolute atomic E-state index is 13.0. The Balaban J connectivity index is 2.42. The van der Waals surface area contributed by atoms with Gasteiger partial charge in [0.1, 0.15) is 6.04 Å². The van der Waals surface area contributed by atoms with E-state index in [9.17, 15) is 22.8 Å². The first-order chi connectivity index (χ1) is 9.71. The molecule has 1 aliphatic heterocycles. The molecule has 1 fully saturated rings. The van der Waals surface area contributed by atoms with E-state index in [1.165, 1.54) is 17.8 Å². The maximum Gasteiger partial charge on any atom is 0.417 e. The number of alkyl halides is 3. The van der Waals surface area contributed by atoms with Gasteiger partial charge in [-0.2, -0.15) is 13.2 Å². The number of carbonyl (C=O) groups is 2. The van der Waals surface area contributed by atoms with Crippen molar-refractivity contribution in [2.45, 2.75) is 12.2 Å². The first kappa shape index (κ1) is 16.2. The fourth-order valence-corrected chi connectivity index (χ4v) is 3.45. The molecule has 1 aliphatic rings. The fraction of sp³-hybridized carbons (Fsp3) is 0.333. The van der Waals surface area contributed by atoms with Crippen LogP contribution in [0.25, 0.3) is 0 Å². The summed E-state index contributed by atoms with van der Waals surface area (Å²) < 4.78 is 39.2.